The number of hydrogen-bond donors (Lipinski definition) is 2. The Morgan fingerprint density at radius 3 is 2.90 bits per heavy atom. The number of benzene rings is 1. The van der Waals surface area contributed by atoms with E-state index >= 15 is 0 Å². The van der Waals surface area contributed by atoms with Gasteiger partial charge in [-0.05, 0) is 24.6 Å². The molecule has 1 aromatic heterocycles. The van der Waals surface area contributed by atoms with Gasteiger partial charge >= 0.3 is 5.97 Å². The van der Waals surface area contributed by atoms with E-state index in [1.165, 1.54) is 12.1 Å². The maximum absolute atomic E-state index is 11.0. The van der Waals surface area contributed by atoms with Gasteiger partial charge in [0.05, 0.1) is 10.5 Å². The van der Waals surface area contributed by atoms with Gasteiger partial charge in [0.25, 0.3) is 5.69 Å². The fourth-order valence-electron chi connectivity index (χ4n) is 1.86. The third-order valence-corrected chi connectivity index (χ3v) is 2.88. The molecule has 0 aliphatic heterocycles. The molecule has 2 N–H and O–H groups in total. The van der Waals surface area contributed by atoms with Crippen molar-refractivity contribution in [3.8, 4) is 0 Å². The molecule has 2 aromatic rings. The minimum absolute atomic E-state index is 0.108. The number of hydrogen-bond acceptors (Lipinski definition) is 5. The minimum atomic E-state index is -1.19. The Morgan fingerprint density at radius 1 is 1.48 bits per heavy atom. The van der Waals surface area contributed by atoms with Gasteiger partial charge in [0, 0.05) is 31.5 Å². The molecule has 0 bridgehead atoms. The summed E-state index contributed by atoms with van der Waals surface area (Å²) in [6.45, 7) is 1.22. The van der Waals surface area contributed by atoms with Crippen LogP contribution in [0, 0.1) is 10.1 Å². The Bertz CT molecular complexity index is 640. The van der Waals surface area contributed by atoms with Crippen molar-refractivity contribution in [3.63, 3.8) is 0 Å². The van der Waals surface area contributed by atoms with Crippen LogP contribution in [0.2, 0.25) is 0 Å². The largest absolute Gasteiger partial charge is 0.478 e. The Hall–Kier alpha value is -2.90. The molecule has 0 fully saturated rings. The fourth-order valence-corrected chi connectivity index (χ4v) is 1.86. The first-order chi connectivity index (χ1) is 10.1. The number of aromatic carboxylic acids is 1. The van der Waals surface area contributed by atoms with E-state index in [0.717, 1.165) is 12.5 Å². The summed E-state index contributed by atoms with van der Waals surface area (Å²) in [5.74, 6) is -1.19. The molecule has 0 saturated heterocycles. The molecule has 0 radical (unpaired) electrons. The Balaban J connectivity index is 1.98. The van der Waals surface area contributed by atoms with E-state index in [-0.39, 0.29) is 11.3 Å². The van der Waals surface area contributed by atoms with Crippen molar-refractivity contribution >= 4 is 17.3 Å². The van der Waals surface area contributed by atoms with Crippen molar-refractivity contribution < 1.29 is 14.8 Å². The zero-order valence-corrected chi connectivity index (χ0v) is 11.1. The molecule has 0 saturated carbocycles. The number of aromatic nitrogens is 2. The fraction of sp³-hybridized carbons (Fsp3) is 0.231. The molecule has 0 spiro atoms. The highest BCUT2D eigenvalue weighted by molar-refractivity contribution is 5.89. The van der Waals surface area contributed by atoms with Crippen LogP contribution in [0.5, 0.6) is 0 Å². The van der Waals surface area contributed by atoms with E-state index in [0.29, 0.717) is 18.8 Å². The number of nitrogens with zero attached hydrogens (tertiary/aromatic N) is 3. The lowest BCUT2D eigenvalue weighted by Gasteiger charge is -2.08. The second-order valence-corrected chi connectivity index (χ2v) is 4.34. The molecular weight excluding hydrogens is 276 g/mol. The summed E-state index contributed by atoms with van der Waals surface area (Å²) in [6.07, 6.45) is 4.26. The van der Waals surface area contributed by atoms with Crippen LogP contribution in [-0.4, -0.2) is 32.3 Å². The number of carbonyl (C=O) groups is 1. The normalized spacial score (nSPS) is 10.3. The maximum atomic E-state index is 11.0. The van der Waals surface area contributed by atoms with Crippen LogP contribution in [0.15, 0.2) is 36.7 Å². The van der Waals surface area contributed by atoms with Crippen LogP contribution >= 0.6 is 0 Å². The van der Waals surface area contributed by atoms with E-state index in [1.54, 1.807) is 10.9 Å². The van der Waals surface area contributed by atoms with Gasteiger partial charge in [-0.25, -0.2) is 4.79 Å². The molecular formula is C13H14N4O4. The zero-order valence-electron chi connectivity index (χ0n) is 11.1. The van der Waals surface area contributed by atoms with Gasteiger partial charge in [0.15, 0.2) is 0 Å². The summed E-state index contributed by atoms with van der Waals surface area (Å²) in [5, 5.41) is 26.8. The molecule has 1 aromatic carbocycles. The Labute approximate surface area is 120 Å². The van der Waals surface area contributed by atoms with Crippen molar-refractivity contribution in [2.24, 2.45) is 0 Å². The number of nitrogens with one attached hydrogen (secondary N) is 1. The van der Waals surface area contributed by atoms with Crippen molar-refractivity contribution in [2.45, 2.75) is 13.0 Å². The van der Waals surface area contributed by atoms with Gasteiger partial charge in [-0.2, -0.15) is 5.10 Å². The van der Waals surface area contributed by atoms with Crippen molar-refractivity contribution in [1.29, 1.82) is 0 Å². The number of anilines is 1. The first-order valence-corrected chi connectivity index (χ1v) is 6.31. The first kappa shape index (κ1) is 14.5. The summed E-state index contributed by atoms with van der Waals surface area (Å²) in [5.41, 5.74) is -0.0387. The second kappa shape index (κ2) is 6.51. The van der Waals surface area contributed by atoms with Crippen LogP contribution in [0.25, 0.3) is 0 Å². The molecule has 2 rings (SSSR count). The average molecular weight is 290 g/mol. The predicted molar refractivity (Wildman–Crippen MR) is 75.4 cm³/mol. The van der Waals surface area contributed by atoms with Gasteiger partial charge in [-0.15, -0.1) is 0 Å². The van der Waals surface area contributed by atoms with Crippen LogP contribution in [0.1, 0.15) is 16.8 Å². The summed E-state index contributed by atoms with van der Waals surface area (Å²) in [7, 11) is 0. The number of nitro benzene ring substituents is 1. The highest BCUT2D eigenvalue weighted by Gasteiger charge is 2.16. The smallest absolute Gasteiger partial charge is 0.335 e. The van der Waals surface area contributed by atoms with Gasteiger partial charge in [-0.3, -0.25) is 14.8 Å². The molecule has 0 unspecified atom stereocenters. The van der Waals surface area contributed by atoms with Crippen LogP contribution in [-0.2, 0) is 6.54 Å². The lowest BCUT2D eigenvalue weighted by Crippen LogP contribution is -2.09. The van der Waals surface area contributed by atoms with E-state index in [4.69, 9.17) is 5.11 Å². The van der Waals surface area contributed by atoms with Crippen LogP contribution in [0.4, 0.5) is 11.4 Å². The third kappa shape index (κ3) is 3.78. The number of carboxylic acid groups (broad SMARTS) is 1. The lowest BCUT2D eigenvalue weighted by atomic mass is 10.1. The monoisotopic (exact) mass is 290 g/mol. The zero-order chi connectivity index (χ0) is 15.2. The average Bonchev–Trinajstić information content (AvgIpc) is 2.96. The molecule has 21 heavy (non-hydrogen) atoms. The first-order valence-electron chi connectivity index (χ1n) is 6.31. The van der Waals surface area contributed by atoms with Crippen LogP contribution < -0.4 is 5.32 Å². The SMILES string of the molecule is O=C(O)c1ccc(NCCCn2cccn2)c([N+](=O)[O-])c1. The van der Waals surface area contributed by atoms with E-state index < -0.39 is 10.9 Å². The van der Waals surface area contributed by atoms with Crippen molar-refractivity contribution in [3.05, 3.63) is 52.3 Å². The van der Waals surface area contributed by atoms with Crippen LogP contribution in [0.3, 0.4) is 0 Å². The molecule has 0 aliphatic rings. The molecule has 1 heterocycles. The highest BCUT2D eigenvalue weighted by Crippen LogP contribution is 2.25. The standard InChI is InChI=1S/C13H14N4O4/c18-13(19)10-3-4-11(12(9-10)17(20)21)14-5-1-7-16-8-2-6-15-16/h2-4,6,8-9,14H,1,5,7H2,(H,18,19). The van der Waals surface area contributed by atoms with Gasteiger partial charge in [-0.1, -0.05) is 0 Å². The summed E-state index contributed by atoms with van der Waals surface area (Å²) < 4.78 is 1.77. The van der Waals surface area contributed by atoms with Gasteiger partial charge in [0.1, 0.15) is 5.69 Å². The molecule has 8 nitrogen and oxygen atoms in total. The topological polar surface area (TPSA) is 110 Å². The number of aryl methyl sites for hydroxylation is 1. The maximum Gasteiger partial charge on any atom is 0.335 e. The quantitative estimate of drug-likeness (QED) is 0.458. The minimum Gasteiger partial charge on any atom is -0.478 e. The Kier molecular flexibility index (Phi) is 4.50. The number of nitro groups is 1. The summed E-state index contributed by atoms with van der Waals surface area (Å²) >= 11 is 0. The van der Waals surface area contributed by atoms with Crippen molar-refractivity contribution in [1.82, 2.24) is 9.78 Å². The van der Waals surface area contributed by atoms with E-state index in [2.05, 4.69) is 10.4 Å². The third-order valence-electron chi connectivity index (χ3n) is 2.88. The summed E-state index contributed by atoms with van der Waals surface area (Å²) in [6, 6.07) is 5.63. The number of rotatable bonds is 7. The van der Waals surface area contributed by atoms with Gasteiger partial charge < -0.3 is 10.4 Å². The molecule has 110 valence electrons. The molecule has 0 amide bonds. The van der Waals surface area contributed by atoms with Gasteiger partial charge in [0.2, 0.25) is 0 Å². The van der Waals surface area contributed by atoms with E-state index in [9.17, 15) is 14.9 Å². The Morgan fingerprint density at radius 2 is 2.29 bits per heavy atom. The summed E-state index contributed by atoms with van der Waals surface area (Å²) in [4.78, 5) is 21.2. The molecule has 0 aliphatic carbocycles. The number of carboxylic acids is 1. The highest BCUT2D eigenvalue weighted by atomic mass is 16.6. The second-order valence-electron chi connectivity index (χ2n) is 4.34. The lowest BCUT2D eigenvalue weighted by molar-refractivity contribution is -0.384. The van der Waals surface area contributed by atoms with E-state index in [1.807, 2.05) is 12.3 Å². The molecule has 8 heteroatoms. The predicted octanol–water partition coefficient (Wildman–Crippen LogP) is 1.99. The molecule has 0 atom stereocenters. The van der Waals surface area contributed by atoms with Crippen molar-refractivity contribution in [2.75, 3.05) is 11.9 Å².